The Hall–Kier alpha value is -6.44. The molecule has 0 spiro atoms. The lowest BCUT2D eigenvalue weighted by Gasteiger charge is -2.08. The van der Waals surface area contributed by atoms with Crippen LogP contribution in [0, 0.1) is 0 Å². The second-order valence-corrected chi connectivity index (χ2v) is 9.18. The van der Waals surface area contributed by atoms with E-state index in [1.807, 2.05) is 0 Å². The molecule has 222 valence electrons. The molecule has 4 amide bonds. The number of nitrogens with zero attached hydrogens (tertiary/aromatic N) is 2. The molecule has 2 aromatic heterocycles. The molecular weight excluding hydrogens is 568 g/mol. The van der Waals surface area contributed by atoms with Gasteiger partial charge in [0.1, 0.15) is 22.9 Å². The van der Waals surface area contributed by atoms with Crippen molar-refractivity contribution in [3.05, 3.63) is 107 Å². The van der Waals surface area contributed by atoms with E-state index in [0.717, 1.165) is 11.1 Å². The number of hydrogen-bond acceptors (Lipinski definition) is 8. The lowest BCUT2D eigenvalue weighted by atomic mass is 10.1. The molecule has 0 aliphatic rings. The van der Waals surface area contributed by atoms with Crippen molar-refractivity contribution in [2.24, 2.45) is 0 Å². The van der Waals surface area contributed by atoms with Gasteiger partial charge in [-0.25, -0.2) is 0 Å². The maximum Gasteiger partial charge on any atom is 0.287 e. The van der Waals surface area contributed by atoms with Crippen LogP contribution in [0.5, 0.6) is 11.5 Å². The first-order chi connectivity index (χ1) is 21.3. The molecule has 0 unspecified atom stereocenters. The van der Waals surface area contributed by atoms with Crippen molar-refractivity contribution in [1.82, 2.24) is 42.1 Å². The number of amides is 4. The van der Waals surface area contributed by atoms with Crippen molar-refractivity contribution in [2.75, 3.05) is 14.2 Å². The van der Waals surface area contributed by atoms with Crippen LogP contribution in [0.15, 0.2) is 84.9 Å². The number of carbonyl (C=O) groups is 4. The average molecular weight is 595 g/mol. The predicted octanol–water partition coefficient (Wildman–Crippen LogP) is 2.63. The third kappa shape index (κ3) is 6.71. The van der Waals surface area contributed by atoms with Gasteiger partial charge in [0, 0.05) is 22.3 Å². The van der Waals surface area contributed by atoms with Gasteiger partial charge in [-0.15, -0.1) is 0 Å². The number of aromatic amines is 2. The summed E-state index contributed by atoms with van der Waals surface area (Å²) in [5.41, 5.74) is 12.5. The summed E-state index contributed by atoms with van der Waals surface area (Å²) in [6, 6.07) is 23.0. The first-order valence-corrected chi connectivity index (χ1v) is 13.1. The van der Waals surface area contributed by atoms with E-state index in [9.17, 15) is 19.2 Å². The Bertz CT molecular complexity index is 1660. The van der Waals surface area contributed by atoms with E-state index >= 15 is 0 Å². The highest BCUT2D eigenvalue weighted by Crippen LogP contribution is 2.22. The number of aromatic nitrogens is 4. The van der Waals surface area contributed by atoms with Gasteiger partial charge in [-0.2, -0.15) is 10.2 Å². The average Bonchev–Trinajstić information content (AvgIpc) is 3.77. The summed E-state index contributed by atoms with van der Waals surface area (Å²) in [6.07, 6.45) is 0. The maximum atomic E-state index is 12.5. The quantitative estimate of drug-likeness (QED) is 0.148. The Morgan fingerprint density at radius 1 is 0.523 bits per heavy atom. The Labute approximate surface area is 250 Å². The molecule has 44 heavy (non-hydrogen) atoms. The molecule has 0 saturated heterocycles. The number of benzene rings is 3. The predicted molar refractivity (Wildman–Crippen MR) is 157 cm³/mol. The van der Waals surface area contributed by atoms with Crippen LogP contribution in [-0.2, 0) is 0 Å². The van der Waals surface area contributed by atoms with Crippen molar-refractivity contribution in [1.29, 1.82) is 0 Å². The minimum Gasteiger partial charge on any atom is -0.497 e. The fourth-order valence-corrected chi connectivity index (χ4v) is 3.97. The SMILES string of the molecule is COc1ccc(-c2cc(C(=O)NNC(=O)c3ccc(C(=O)NNC(=O)c4cc(-c5ccc(OC)cc5)n[nH]4)cc3)[nH]n2)cc1. The standard InChI is InChI=1S/C30H26N8O6/c1-43-21-11-7-17(8-12-21)23-15-25(33-31-23)29(41)37-35-27(39)19-3-5-20(6-4-19)28(40)36-38-30(42)26-16-24(32-34-26)18-9-13-22(44-2)14-10-18/h3-16H,1-2H3,(H,31,33)(H,32,34)(H,35,39)(H,36,40)(H,37,41)(H,38,42). The number of carbonyl (C=O) groups excluding carboxylic acids is 4. The normalized spacial score (nSPS) is 10.4. The number of rotatable bonds is 8. The summed E-state index contributed by atoms with van der Waals surface area (Å²) in [6.45, 7) is 0. The van der Waals surface area contributed by atoms with Gasteiger partial charge in [-0.05, 0) is 84.9 Å². The zero-order valence-electron chi connectivity index (χ0n) is 23.4. The van der Waals surface area contributed by atoms with Crippen LogP contribution in [-0.4, -0.2) is 58.2 Å². The number of hydrogen-bond donors (Lipinski definition) is 6. The Balaban J connectivity index is 1.10. The molecule has 14 nitrogen and oxygen atoms in total. The third-order valence-corrected chi connectivity index (χ3v) is 6.40. The molecule has 0 saturated carbocycles. The molecule has 0 bridgehead atoms. The molecule has 0 aliphatic carbocycles. The first kappa shape index (κ1) is 29.1. The lowest BCUT2D eigenvalue weighted by molar-refractivity contribution is 0.0842. The largest absolute Gasteiger partial charge is 0.497 e. The second-order valence-electron chi connectivity index (χ2n) is 9.18. The van der Waals surface area contributed by atoms with Gasteiger partial charge in [-0.3, -0.25) is 51.1 Å². The smallest absolute Gasteiger partial charge is 0.287 e. The van der Waals surface area contributed by atoms with Gasteiger partial charge in [-0.1, -0.05) is 0 Å². The van der Waals surface area contributed by atoms with Gasteiger partial charge in [0.15, 0.2) is 0 Å². The molecule has 5 aromatic rings. The molecule has 2 heterocycles. The minimum absolute atomic E-state index is 0.136. The van der Waals surface area contributed by atoms with E-state index in [1.54, 1.807) is 74.9 Å². The van der Waals surface area contributed by atoms with E-state index < -0.39 is 23.6 Å². The fraction of sp³-hybridized carbons (Fsp3) is 0.0667. The van der Waals surface area contributed by atoms with Crippen LogP contribution < -0.4 is 31.2 Å². The zero-order chi connectivity index (χ0) is 31.1. The van der Waals surface area contributed by atoms with Crippen molar-refractivity contribution in [2.45, 2.75) is 0 Å². The first-order valence-electron chi connectivity index (χ1n) is 13.1. The summed E-state index contributed by atoms with van der Waals surface area (Å²) in [5.74, 6) is -1.05. The number of ether oxygens (including phenoxy) is 2. The minimum atomic E-state index is -0.611. The molecule has 14 heteroatoms. The summed E-state index contributed by atoms with van der Waals surface area (Å²) in [7, 11) is 3.13. The second kappa shape index (κ2) is 13.0. The summed E-state index contributed by atoms with van der Waals surface area (Å²) >= 11 is 0. The summed E-state index contributed by atoms with van der Waals surface area (Å²) in [5, 5.41) is 13.5. The van der Waals surface area contributed by atoms with Gasteiger partial charge in [0.25, 0.3) is 23.6 Å². The number of nitrogens with one attached hydrogen (secondary N) is 6. The van der Waals surface area contributed by atoms with Crippen LogP contribution in [0.4, 0.5) is 0 Å². The molecule has 0 atom stereocenters. The highest BCUT2D eigenvalue weighted by atomic mass is 16.5. The Morgan fingerprint density at radius 3 is 1.20 bits per heavy atom. The van der Waals surface area contributed by atoms with E-state index in [2.05, 4.69) is 42.1 Å². The number of methoxy groups -OCH3 is 2. The monoisotopic (exact) mass is 594 g/mol. The van der Waals surface area contributed by atoms with Gasteiger partial charge >= 0.3 is 0 Å². The van der Waals surface area contributed by atoms with E-state index in [-0.39, 0.29) is 22.5 Å². The van der Waals surface area contributed by atoms with E-state index in [1.165, 1.54) is 24.3 Å². The third-order valence-electron chi connectivity index (χ3n) is 6.40. The van der Waals surface area contributed by atoms with Crippen molar-refractivity contribution in [3.8, 4) is 34.0 Å². The van der Waals surface area contributed by atoms with Crippen LogP contribution in [0.1, 0.15) is 41.7 Å². The van der Waals surface area contributed by atoms with Crippen LogP contribution in [0.2, 0.25) is 0 Å². The lowest BCUT2D eigenvalue weighted by Crippen LogP contribution is -2.42. The van der Waals surface area contributed by atoms with Crippen molar-refractivity contribution in [3.63, 3.8) is 0 Å². The molecule has 3 aromatic carbocycles. The van der Waals surface area contributed by atoms with Crippen LogP contribution in [0.25, 0.3) is 22.5 Å². The maximum absolute atomic E-state index is 12.5. The van der Waals surface area contributed by atoms with Crippen molar-refractivity contribution >= 4 is 23.6 Å². The van der Waals surface area contributed by atoms with E-state index in [4.69, 9.17) is 9.47 Å². The molecule has 5 rings (SSSR count). The Morgan fingerprint density at radius 2 is 0.864 bits per heavy atom. The molecule has 6 N–H and O–H groups in total. The summed E-state index contributed by atoms with van der Waals surface area (Å²) in [4.78, 5) is 50.0. The molecular formula is C30H26N8O6. The topological polar surface area (TPSA) is 192 Å². The summed E-state index contributed by atoms with van der Waals surface area (Å²) < 4.78 is 10.3. The van der Waals surface area contributed by atoms with Crippen LogP contribution >= 0.6 is 0 Å². The highest BCUT2D eigenvalue weighted by molar-refractivity contribution is 6.01. The molecule has 0 fully saturated rings. The zero-order valence-corrected chi connectivity index (χ0v) is 23.4. The Kier molecular flexibility index (Phi) is 8.61. The highest BCUT2D eigenvalue weighted by Gasteiger charge is 2.15. The van der Waals surface area contributed by atoms with Gasteiger partial charge in [0.2, 0.25) is 0 Å². The number of H-pyrrole nitrogens is 2. The van der Waals surface area contributed by atoms with Crippen molar-refractivity contribution < 1.29 is 28.7 Å². The fourth-order valence-electron chi connectivity index (χ4n) is 3.97. The van der Waals surface area contributed by atoms with Crippen LogP contribution in [0.3, 0.4) is 0 Å². The molecule has 0 aliphatic heterocycles. The number of hydrazine groups is 2. The van der Waals surface area contributed by atoms with Gasteiger partial charge in [0.05, 0.1) is 25.6 Å². The molecule has 0 radical (unpaired) electrons. The van der Waals surface area contributed by atoms with Gasteiger partial charge < -0.3 is 9.47 Å². The van der Waals surface area contributed by atoms with E-state index in [0.29, 0.717) is 22.9 Å².